The molecule has 4 nitrogen and oxygen atoms in total. The van der Waals surface area contributed by atoms with Gasteiger partial charge in [-0.25, -0.2) is 0 Å². The number of hydrogen-bond acceptors (Lipinski definition) is 3. The van der Waals surface area contributed by atoms with Crippen LogP contribution in [0.15, 0.2) is 12.3 Å². The maximum Gasteiger partial charge on any atom is 0.0641 e. The minimum absolute atomic E-state index is 0.283. The monoisotopic (exact) mass is 293 g/mol. The number of aromatic nitrogens is 2. The van der Waals surface area contributed by atoms with Crippen LogP contribution in [0.1, 0.15) is 64.6 Å². The Hall–Kier alpha value is -0.870. The molecule has 1 fully saturated rings. The molecule has 1 unspecified atom stereocenters. The van der Waals surface area contributed by atoms with Crippen molar-refractivity contribution in [1.82, 2.24) is 15.1 Å². The summed E-state index contributed by atoms with van der Waals surface area (Å²) in [4.78, 5) is 0. The molecule has 1 aliphatic carbocycles. The van der Waals surface area contributed by atoms with E-state index in [0.717, 1.165) is 19.6 Å². The van der Waals surface area contributed by atoms with E-state index < -0.39 is 0 Å². The second-order valence-electron chi connectivity index (χ2n) is 6.42. The van der Waals surface area contributed by atoms with Crippen LogP contribution in [-0.4, -0.2) is 35.1 Å². The lowest BCUT2D eigenvalue weighted by Gasteiger charge is -2.22. The Kier molecular flexibility index (Phi) is 6.71. The molecule has 1 saturated carbocycles. The summed E-state index contributed by atoms with van der Waals surface area (Å²) in [6.45, 7) is 8.03. The van der Waals surface area contributed by atoms with E-state index >= 15 is 0 Å². The summed E-state index contributed by atoms with van der Waals surface area (Å²) in [5, 5.41) is 8.31. The molecule has 0 saturated heterocycles. The van der Waals surface area contributed by atoms with E-state index in [1.54, 1.807) is 0 Å². The van der Waals surface area contributed by atoms with Crippen LogP contribution in [0.3, 0.4) is 0 Å². The summed E-state index contributed by atoms with van der Waals surface area (Å²) >= 11 is 0. The Balaban J connectivity index is 1.89. The summed E-state index contributed by atoms with van der Waals surface area (Å²) < 4.78 is 7.95. The quantitative estimate of drug-likeness (QED) is 0.799. The standard InChI is InChI=1S/C17H31N3O/c1-4-18-16(13-21-14(2)3)12-15-10-11-20(19-15)17-8-6-5-7-9-17/h10-11,14,16-18H,4-9,12-13H2,1-3H3. The van der Waals surface area contributed by atoms with Gasteiger partial charge in [-0.15, -0.1) is 0 Å². The van der Waals surface area contributed by atoms with Crippen molar-refractivity contribution in [2.75, 3.05) is 13.2 Å². The Morgan fingerprint density at radius 3 is 2.76 bits per heavy atom. The molecular weight excluding hydrogens is 262 g/mol. The van der Waals surface area contributed by atoms with E-state index in [0.29, 0.717) is 12.1 Å². The average molecular weight is 293 g/mol. The molecule has 1 atom stereocenters. The Bertz CT molecular complexity index is 396. The number of nitrogens with zero attached hydrogens (tertiary/aromatic N) is 2. The van der Waals surface area contributed by atoms with Crippen molar-refractivity contribution in [3.05, 3.63) is 18.0 Å². The van der Waals surface area contributed by atoms with Crippen molar-refractivity contribution in [2.24, 2.45) is 0 Å². The van der Waals surface area contributed by atoms with Crippen LogP contribution in [0.25, 0.3) is 0 Å². The lowest BCUT2D eigenvalue weighted by atomic mass is 9.96. The molecule has 1 aliphatic rings. The molecule has 21 heavy (non-hydrogen) atoms. The van der Waals surface area contributed by atoms with Gasteiger partial charge in [0.2, 0.25) is 0 Å². The van der Waals surface area contributed by atoms with Crippen molar-refractivity contribution >= 4 is 0 Å². The smallest absolute Gasteiger partial charge is 0.0641 e. The van der Waals surface area contributed by atoms with Gasteiger partial charge in [0.1, 0.15) is 0 Å². The minimum Gasteiger partial charge on any atom is -0.377 e. The molecule has 1 N–H and O–H groups in total. The van der Waals surface area contributed by atoms with E-state index in [4.69, 9.17) is 9.84 Å². The molecule has 0 amide bonds. The molecule has 4 heteroatoms. The van der Waals surface area contributed by atoms with Gasteiger partial charge in [0.25, 0.3) is 0 Å². The fourth-order valence-electron chi connectivity index (χ4n) is 3.07. The first-order valence-electron chi connectivity index (χ1n) is 8.58. The van der Waals surface area contributed by atoms with Crippen LogP contribution in [0.5, 0.6) is 0 Å². The van der Waals surface area contributed by atoms with Crippen molar-refractivity contribution in [3.63, 3.8) is 0 Å². The lowest BCUT2D eigenvalue weighted by molar-refractivity contribution is 0.0614. The fraction of sp³-hybridized carbons (Fsp3) is 0.824. The highest BCUT2D eigenvalue weighted by molar-refractivity contribution is 5.02. The lowest BCUT2D eigenvalue weighted by Crippen LogP contribution is -2.36. The van der Waals surface area contributed by atoms with Crippen molar-refractivity contribution < 1.29 is 4.74 Å². The highest BCUT2D eigenvalue weighted by Gasteiger charge is 2.17. The molecule has 0 bridgehead atoms. The second-order valence-corrected chi connectivity index (χ2v) is 6.42. The van der Waals surface area contributed by atoms with Crippen LogP contribution in [-0.2, 0) is 11.2 Å². The van der Waals surface area contributed by atoms with Gasteiger partial charge >= 0.3 is 0 Å². The van der Waals surface area contributed by atoms with Gasteiger partial charge in [-0.2, -0.15) is 5.10 Å². The second kappa shape index (κ2) is 8.54. The van der Waals surface area contributed by atoms with Crippen molar-refractivity contribution in [1.29, 1.82) is 0 Å². The van der Waals surface area contributed by atoms with Gasteiger partial charge in [-0.1, -0.05) is 26.2 Å². The first-order valence-corrected chi connectivity index (χ1v) is 8.58. The van der Waals surface area contributed by atoms with Crippen LogP contribution in [0, 0.1) is 0 Å². The van der Waals surface area contributed by atoms with E-state index in [-0.39, 0.29) is 6.10 Å². The first kappa shape index (κ1) is 16.5. The van der Waals surface area contributed by atoms with Crippen molar-refractivity contribution in [3.8, 4) is 0 Å². The zero-order chi connectivity index (χ0) is 15.1. The molecular formula is C17H31N3O. The summed E-state index contributed by atoms with van der Waals surface area (Å²) in [7, 11) is 0. The van der Waals surface area contributed by atoms with Crippen LogP contribution in [0.4, 0.5) is 0 Å². The molecule has 0 aromatic carbocycles. The average Bonchev–Trinajstić information content (AvgIpc) is 2.94. The van der Waals surface area contributed by atoms with Crippen LogP contribution >= 0.6 is 0 Å². The number of rotatable bonds is 8. The predicted molar refractivity (Wildman–Crippen MR) is 86.6 cm³/mol. The van der Waals surface area contributed by atoms with E-state index in [2.05, 4.69) is 43.0 Å². The predicted octanol–water partition coefficient (Wildman–Crippen LogP) is 3.33. The minimum atomic E-state index is 0.283. The number of likely N-dealkylation sites (N-methyl/N-ethyl adjacent to an activating group) is 1. The van der Waals surface area contributed by atoms with Gasteiger partial charge in [-0.3, -0.25) is 4.68 Å². The number of nitrogens with one attached hydrogen (secondary N) is 1. The summed E-state index contributed by atoms with van der Waals surface area (Å²) in [6, 6.07) is 3.15. The zero-order valence-electron chi connectivity index (χ0n) is 13.8. The number of ether oxygens (including phenoxy) is 1. The van der Waals surface area contributed by atoms with Gasteiger partial charge < -0.3 is 10.1 Å². The Morgan fingerprint density at radius 1 is 1.33 bits per heavy atom. The Labute approximate surface area is 129 Å². The summed E-state index contributed by atoms with van der Waals surface area (Å²) in [5.41, 5.74) is 1.18. The van der Waals surface area contributed by atoms with E-state index in [1.165, 1.54) is 37.8 Å². The third kappa shape index (κ3) is 5.44. The topological polar surface area (TPSA) is 39.1 Å². The van der Waals surface area contributed by atoms with E-state index in [9.17, 15) is 0 Å². The molecule has 0 radical (unpaired) electrons. The van der Waals surface area contributed by atoms with Gasteiger partial charge in [0.15, 0.2) is 0 Å². The third-order valence-electron chi connectivity index (χ3n) is 4.19. The van der Waals surface area contributed by atoms with Crippen molar-refractivity contribution in [2.45, 2.75) is 77.5 Å². The van der Waals surface area contributed by atoms with Gasteiger partial charge in [-0.05, 0) is 39.3 Å². The SMILES string of the molecule is CCNC(COC(C)C)Cc1ccn(C2CCCCC2)n1. The summed E-state index contributed by atoms with van der Waals surface area (Å²) in [5.74, 6) is 0. The fourth-order valence-corrected chi connectivity index (χ4v) is 3.07. The maximum absolute atomic E-state index is 5.75. The molecule has 0 spiro atoms. The highest BCUT2D eigenvalue weighted by atomic mass is 16.5. The molecule has 0 aliphatic heterocycles. The zero-order valence-corrected chi connectivity index (χ0v) is 13.8. The van der Waals surface area contributed by atoms with Crippen LogP contribution < -0.4 is 5.32 Å². The largest absolute Gasteiger partial charge is 0.377 e. The van der Waals surface area contributed by atoms with Gasteiger partial charge in [0, 0.05) is 18.7 Å². The third-order valence-corrected chi connectivity index (χ3v) is 4.19. The molecule has 1 aromatic heterocycles. The summed E-state index contributed by atoms with van der Waals surface area (Å²) in [6.07, 6.45) is 10.1. The van der Waals surface area contributed by atoms with Crippen LogP contribution in [0.2, 0.25) is 0 Å². The van der Waals surface area contributed by atoms with Gasteiger partial charge in [0.05, 0.1) is 24.4 Å². The normalized spacial score (nSPS) is 18.3. The molecule has 1 aromatic rings. The highest BCUT2D eigenvalue weighted by Crippen LogP contribution is 2.27. The molecule has 1 heterocycles. The first-order chi connectivity index (χ1) is 10.2. The number of hydrogen-bond donors (Lipinski definition) is 1. The van der Waals surface area contributed by atoms with E-state index in [1.807, 2.05) is 0 Å². The molecule has 120 valence electrons. The molecule has 2 rings (SSSR count). The maximum atomic E-state index is 5.75. The Morgan fingerprint density at radius 2 is 2.10 bits per heavy atom.